The number of hydrogen-bond acceptors (Lipinski definition) is 2. The van der Waals surface area contributed by atoms with Crippen LogP contribution in [-0.4, -0.2) is 18.8 Å². The lowest BCUT2D eigenvalue weighted by atomic mass is 9.75. The van der Waals surface area contributed by atoms with E-state index in [0.717, 1.165) is 6.54 Å². The molecule has 0 amide bonds. The first-order valence-electron chi connectivity index (χ1n) is 6.82. The van der Waals surface area contributed by atoms with Crippen LogP contribution in [0.2, 0.25) is 0 Å². The number of para-hydroxylation sites is 1. The summed E-state index contributed by atoms with van der Waals surface area (Å²) in [6.45, 7) is 7.20. The van der Waals surface area contributed by atoms with Gasteiger partial charge in [-0.2, -0.15) is 0 Å². The zero-order chi connectivity index (χ0) is 11.7. The van der Waals surface area contributed by atoms with Crippen molar-refractivity contribution in [1.29, 1.82) is 0 Å². The molecule has 3 heterocycles. The molecule has 1 saturated heterocycles. The van der Waals surface area contributed by atoms with Crippen LogP contribution in [0, 0.1) is 0 Å². The number of nitrogens with zero attached hydrogens (tertiary/aromatic N) is 1. The third-order valence-electron chi connectivity index (χ3n) is 5.52. The van der Waals surface area contributed by atoms with Gasteiger partial charge >= 0.3 is 0 Å². The highest BCUT2D eigenvalue weighted by atomic mass is 15.4. The van der Waals surface area contributed by atoms with Crippen molar-refractivity contribution in [2.75, 3.05) is 18.0 Å². The molecule has 3 aliphatic rings. The molecule has 2 heteroatoms. The van der Waals surface area contributed by atoms with Gasteiger partial charge in [0, 0.05) is 17.6 Å². The van der Waals surface area contributed by atoms with E-state index >= 15 is 0 Å². The third kappa shape index (κ3) is 0.934. The van der Waals surface area contributed by atoms with Crippen molar-refractivity contribution in [1.82, 2.24) is 5.32 Å². The molecule has 2 atom stereocenters. The van der Waals surface area contributed by atoms with Crippen LogP contribution in [-0.2, 0) is 11.8 Å². The minimum Gasteiger partial charge on any atom is -0.352 e. The van der Waals surface area contributed by atoms with Gasteiger partial charge in [-0.25, -0.2) is 0 Å². The van der Waals surface area contributed by atoms with Crippen LogP contribution in [0.15, 0.2) is 18.2 Å². The van der Waals surface area contributed by atoms with Gasteiger partial charge in [0.05, 0.1) is 5.66 Å². The van der Waals surface area contributed by atoms with Crippen LogP contribution >= 0.6 is 0 Å². The summed E-state index contributed by atoms with van der Waals surface area (Å²) in [5, 5.41) is 3.77. The van der Waals surface area contributed by atoms with Crippen LogP contribution in [0.4, 0.5) is 5.69 Å². The summed E-state index contributed by atoms with van der Waals surface area (Å²) in [5.41, 5.74) is 5.14. The van der Waals surface area contributed by atoms with Gasteiger partial charge in [-0.15, -0.1) is 0 Å². The van der Waals surface area contributed by atoms with Crippen molar-refractivity contribution in [3.63, 3.8) is 0 Å². The van der Waals surface area contributed by atoms with E-state index in [4.69, 9.17) is 0 Å². The van der Waals surface area contributed by atoms with E-state index in [0.29, 0.717) is 5.41 Å². The Balaban J connectivity index is 2.04. The molecule has 0 bridgehead atoms. The number of benzene rings is 1. The summed E-state index contributed by atoms with van der Waals surface area (Å²) in [5.74, 6) is 0. The van der Waals surface area contributed by atoms with Gasteiger partial charge in [0.2, 0.25) is 0 Å². The molecule has 2 unspecified atom stereocenters. The second kappa shape index (κ2) is 2.86. The fourth-order valence-electron chi connectivity index (χ4n) is 4.33. The quantitative estimate of drug-likeness (QED) is 0.733. The Labute approximate surface area is 103 Å². The fourth-order valence-corrected chi connectivity index (χ4v) is 4.33. The highest BCUT2D eigenvalue weighted by Crippen LogP contribution is 2.56. The molecule has 90 valence electrons. The third-order valence-corrected chi connectivity index (χ3v) is 5.52. The Bertz CT molecular complexity index is 496. The van der Waals surface area contributed by atoms with Gasteiger partial charge in [0.25, 0.3) is 0 Å². The number of fused-ring (bicyclic) bond motifs is 3. The van der Waals surface area contributed by atoms with Gasteiger partial charge in [-0.1, -0.05) is 25.1 Å². The number of rotatable bonds is 0. The van der Waals surface area contributed by atoms with Crippen molar-refractivity contribution < 1.29 is 0 Å². The topological polar surface area (TPSA) is 15.3 Å². The van der Waals surface area contributed by atoms with Crippen LogP contribution in [0.5, 0.6) is 0 Å². The van der Waals surface area contributed by atoms with E-state index in [9.17, 15) is 0 Å². The molecular weight excluding hydrogens is 208 g/mol. The maximum Gasteiger partial charge on any atom is 0.0976 e. The lowest BCUT2D eigenvalue weighted by Crippen LogP contribution is -2.59. The normalized spacial score (nSPS) is 38.1. The van der Waals surface area contributed by atoms with Crippen molar-refractivity contribution in [2.45, 2.75) is 44.2 Å². The monoisotopic (exact) mass is 228 g/mol. The number of aryl methyl sites for hydroxylation is 1. The summed E-state index contributed by atoms with van der Waals surface area (Å²) in [7, 11) is 0. The lowest BCUT2D eigenvalue weighted by molar-refractivity contribution is 0.281. The Morgan fingerprint density at radius 3 is 3.06 bits per heavy atom. The Kier molecular flexibility index (Phi) is 1.68. The highest BCUT2D eigenvalue weighted by Gasteiger charge is 2.59. The SMILES string of the molecule is CC12CCNC1(C)N1CCCc3cccc2c31. The largest absolute Gasteiger partial charge is 0.352 e. The number of anilines is 1. The molecule has 4 rings (SSSR count). The van der Waals surface area contributed by atoms with Gasteiger partial charge in [0.1, 0.15) is 0 Å². The predicted molar refractivity (Wildman–Crippen MR) is 70.5 cm³/mol. The zero-order valence-corrected chi connectivity index (χ0v) is 10.7. The minimum atomic E-state index is 0.145. The first-order chi connectivity index (χ1) is 8.17. The van der Waals surface area contributed by atoms with E-state index in [-0.39, 0.29) is 5.66 Å². The lowest BCUT2D eigenvalue weighted by Gasteiger charge is -2.43. The highest BCUT2D eigenvalue weighted by molar-refractivity contribution is 5.72. The van der Waals surface area contributed by atoms with Crippen molar-refractivity contribution in [2.24, 2.45) is 0 Å². The van der Waals surface area contributed by atoms with Crippen molar-refractivity contribution >= 4 is 5.69 Å². The fraction of sp³-hybridized carbons (Fsp3) is 0.600. The molecule has 2 nitrogen and oxygen atoms in total. The zero-order valence-electron chi connectivity index (χ0n) is 10.7. The van der Waals surface area contributed by atoms with Gasteiger partial charge in [-0.05, 0) is 43.9 Å². The second-order valence-electron chi connectivity index (χ2n) is 6.15. The number of nitrogens with one attached hydrogen (secondary N) is 1. The summed E-state index contributed by atoms with van der Waals surface area (Å²) in [6, 6.07) is 6.93. The average Bonchev–Trinajstić information content (AvgIpc) is 2.74. The summed E-state index contributed by atoms with van der Waals surface area (Å²) >= 11 is 0. The molecule has 0 saturated carbocycles. The first kappa shape index (κ1) is 9.95. The number of hydrogen-bond donors (Lipinski definition) is 1. The van der Waals surface area contributed by atoms with Gasteiger partial charge in [-0.3, -0.25) is 5.32 Å². The van der Waals surface area contributed by atoms with Crippen LogP contribution in [0.3, 0.4) is 0 Å². The Morgan fingerprint density at radius 2 is 2.18 bits per heavy atom. The van der Waals surface area contributed by atoms with E-state index in [1.54, 1.807) is 16.8 Å². The summed E-state index contributed by atoms with van der Waals surface area (Å²) in [4.78, 5) is 2.65. The maximum atomic E-state index is 3.77. The van der Waals surface area contributed by atoms with Crippen LogP contribution in [0.25, 0.3) is 0 Å². The molecule has 17 heavy (non-hydrogen) atoms. The second-order valence-corrected chi connectivity index (χ2v) is 6.15. The maximum absolute atomic E-state index is 3.77. The van der Waals surface area contributed by atoms with Gasteiger partial charge in [0.15, 0.2) is 0 Å². The van der Waals surface area contributed by atoms with Crippen LogP contribution in [0.1, 0.15) is 37.8 Å². The molecule has 0 aromatic heterocycles. The molecule has 1 N–H and O–H groups in total. The molecular formula is C15H20N2. The van der Waals surface area contributed by atoms with E-state index in [1.165, 1.54) is 25.8 Å². The molecule has 1 fully saturated rings. The summed E-state index contributed by atoms with van der Waals surface area (Å²) in [6.07, 6.45) is 3.81. The standard InChI is InChI=1S/C15H20N2/c1-14-8-9-16-15(14,2)17-10-4-6-11-5-3-7-12(14)13(11)17/h3,5,7,16H,4,6,8-10H2,1-2H3. The molecule has 1 aromatic rings. The minimum absolute atomic E-state index is 0.145. The predicted octanol–water partition coefficient (Wildman–Crippen LogP) is 2.42. The average molecular weight is 228 g/mol. The molecule has 3 aliphatic heterocycles. The smallest absolute Gasteiger partial charge is 0.0976 e. The van der Waals surface area contributed by atoms with Crippen molar-refractivity contribution in [3.05, 3.63) is 29.3 Å². The Morgan fingerprint density at radius 1 is 1.29 bits per heavy atom. The van der Waals surface area contributed by atoms with E-state index < -0.39 is 0 Å². The van der Waals surface area contributed by atoms with Gasteiger partial charge < -0.3 is 4.90 Å². The molecule has 0 spiro atoms. The van der Waals surface area contributed by atoms with E-state index in [2.05, 4.69) is 42.3 Å². The molecule has 0 aliphatic carbocycles. The molecule has 1 aromatic carbocycles. The molecule has 0 radical (unpaired) electrons. The first-order valence-corrected chi connectivity index (χ1v) is 6.82. The summed E-state index contributed by atoms with van der Waals surface area (Å²) < 4.78 is 0. The van der Waals surface area contributed by atoms with Crippen LogP contribution < -0.4 is 10.2 Å². The van der Waals surface area contributed by atoms with Crippen molar-refractivity contribution in [3.8, 4) is 0 Å². The van der Waals surface area contributed by atoms with E-state index in [1.807, 2.05) is 0 Å². The Hall–Kier alpha value is -1.02.